The predicted octanol–water partition coefficient (Wildman–Crippen LogP) is 2.23. The summed E-state index contributed by atoms with van der Waals surface area (Å²) in [7, 11) is 0. The smallest absolute Gasteiger partial charge is 0.270 e. The Balaban J connectivity index is 1.58. The van der Waals surface area contributed by atoms with Crippen molar-refractivity contribution in [3.63, 3.8) is 0 Å². The summed E-state index contributed by atoms with van der Waals surface area (Å²) in [5.41, 5.74) is 1.76. The summed E-state index contributed by atoms with van der Waals surface area (Å²) in [5.74, 6) is -0.0911. The number of aromatic nitrogens is 3. The molecule has 1 amide bonds. The lowest BCUT2D eigenvalue weighted by molar-refractivity contribution is 0.0939. The molecule has 2 aromatic rings. The third kappa shape index (κ3) is 3.61. The van der Waals surface area contributed by atoms with E-state index in [0.29, 0.717) is 24.3 Å². The Kier molecular flexibility index (Phi) is 4.77. The monoisotopic (exact) mass is 333 g/mol. The molecule has 0 fully saturated rings. The SMILES string of the molecule is Cc1nc(C(=O)NCCC2CN(C(C)C)Cc3ccnn32)cs1. The summed E-state index contributed by atoms with van der Waals surface area (Å²) < 4.78 is 2.11. The highest BCUT2D eigenvalue weighted by Crippen LogP contribution is 2.24. The minimum atomic E-state index is -0.0911. The number of aryl methyl sites for hydroxylation is 1. The van der Waals surface area contributed by atoms with Crippen molar-refractivity contribution in [2.24, 2.45) is 0 Å². The van der Waals surface area contributed by atoms with Crippen LogP contribution in [0.1, 0.15) is 47.5 Å². The molecule has 0 spiro atoms. The molecule has 1 aliphatic heterocycles. The molecule has 0 aliphatic carbocycles. The largest absolute Gasteiger partial charge is 0.351 e. The van der Waals surface area contributed by atoms with Crippen molar-refractivity contribution < 1.29 is 4.79 Å². The van der Waals surface area contributed by atoms with Gasteiger partial charge in [-0.2, -0.15) is 5.10 Å². The van der Waals surface area contributed by atoms with Gasteiger partial charge in [0.1, 0.15) is 5.69 Å². The highest BCUT2D eigenvalue weighted by atomic mass is 32.1. The van der Waals surface area contributed by atoms with Crippen LogP contribution in [0.25, 0.3) is 0 Å². The Morgan fingerprint density at radius 1 is 1.52 bits per heavy atom. The summed E-state index contributed by atoms with van der Waals surface area (Å²) in [6, 6.07) is 2.89. The van der Waals surface area contributed by atoms with Gasteiger partial charge in [0.15, 0.2) is 0 Å². The Hall–Kier alpha value is -1.73. The Morgan fingerprint density at radius 3 is 3.04 bits per heavy atom. The molecule has 7 heteroatoms. The first kappa shape index (κ1) is 16.1. The van der Waals surface area contributed by atoms with Crippen molar-refractivity contribution in [2.45, 2.75) is 45.8 Å². The molecule has 0 aromatic carbocycles. The van der Waals surface area contributed by atoms with Crippen LogP contribution in [0, 0.1) is 6.92 Å². The third-order valence-corrected chi connectivity index (χ3v) is 5.03. The van der Waals surface area contributed by atoms with Gasteiger partial charge in [-0.25, -0.2) is 4.98 Å². The van der Waals surface area contributed by atoms with Gasteiger partial charge >= 0.3 is 0 Å². The second kappa shape index (κ2) is 6.80. The van der Waals surface area contributed by atoms with Crippen molar-refractivity contribution in [3.8, 4) is 0 Å². The maximum Gasteiger partial charge on any atom is 0.270 e. The standard InChI is InChI=1S/C16H23N5OS/c1-11(2)20-8-13(21-14(9-20)5-7-18-21)4-6-17-16(22)15-10-23-12(3)19-15/h5,7,10-11,13H,4,6,8-9H2,1-3H3,(H,17,22). The number of rotatable bonds is 5. The molecule has 0 saturated carbocycles. The molecule has 1 unspecified atom stereocenters. The minimum absolute atomic E-state index is 0.0911. The number of nitrogens with one attached hydrogen (secondary N) is 1. The molecule has 6 nitrogen and oxygen atoms in total. The number of amides is 1. The van der Waals surface area contributed by atoms with Gasteiger partial charge in [-0.15, -0.1) is 11.3 Å². The molecular weight excluding hydrogens is 310 g/mol. The van der Waals surface area contributed by atoms with Crippen molar-refractivity contribution >= 4 is 17.2 Å². The van der Waals surface area contributed by atoms with Crippen LogP contribution in [0.5, 0.6) is 0 Å². The van der Waals surface area contributed by atoms with Crippen molar-refractivity contribution in [1.82, 2.24) is 25.0 Å². The van der Waals surface area contributed by atoms with Crippen LogP contribution in [-0.2, 0) is 6.54 Å². The van der Waals surface area contributed by atoms with E-state index in [1.54, 1.807) is 5.38 Å². The second-order valence-corrected chi connectivity index (χ2v) is 7.30. The Morgan fingerprint density at radius 2 is 2.35 bits per heavy atom. The van der Waals surface area contributed by atoms with Gasteiger partial charge in [0.05, 0.1) is 16.7 Å². The van der Waals surface area contributed by atoms with E-state index in [-0.39, 0.29) is 5.91 Å². The van der Waals surface area contributed by atoms with E-state index in [4.69, 9.17) is 0 Å². The minimum Gasteiger partial charge on any atom is -0.351 e. The molecule has 0 bridgehead atoms. The van der Waals surface area contributed by atoms with E-state index in [2.05, 4.69) is 44.9 Å². The van der Waals surface area contributed by atoms with Crippen LogP contribution in [0.4, 0.5) is 0 Å². The highest BCUT2D eigenvalue weighted by Gasteiger charge is 2.26. The molecule has 0 radical (unpaired) electrons. The van der Waals surface area contributed by atoms with Crippen molar-refractivity contribution in [1.29, 1.82) is 0 Å². The zero-order valence-corrected chi connectivity index (χ0v) is 14.6. The second-order valence-electron chi connectivity index (χ2n) is 6.24. The molecule has 124 valence electrons. The number of fused-ring (bicyclic) bond motifs is 1. The summed E-state index contributed by atoms with van der Waals surface area (Å²) in [6.07, 6.45) is 2.73. The van der Waals surface area contributed by atoms with Crippen molar-refractivity contribution in [3.05, 3.63) is 34.0 Å². The van der Waals surface area contributed by atoms with E-state index in [1.807, 2.05) is 13.1 Å². The Labute approximate surface area is 140 Å². The molecule has 1 aliphatic rings. The maximum atomic E-state index is 12.1. The van der Waals surface area contributed by atoms with Gasteiger partial charge in [-0.3, -0.25) is 14.4 Å². The Bertz CT molecular complexity index is 678. The number of hydrogen-bond acceptors (Lipinski definition) is 5. The normalized spacial score (nSPS) is 18.2. The lowest BCUT2D eigenvalue weighted by Gasteiger charge is -2.36. The summed E-state index contributed by atoms with van der Waals surface area (Å²) >= 11 is 1.50. The van der Waals surface area contributed by atoms with Gasteiger partial charge in [0, 0.05) is 37.3 Å². The van der Waals surface area contributed by atoms with Gasteiger partial charge in [0.25, 0.3) is 5.91 Å². The fourth-order valence-electron chi connectivity index (χ4n) is 2.93. The van der Waals surface area contributed by atoms with E-state index in [0.717, 1.165) is 24.5 Å². The first-order chi connectivity index (χ1) is 11.0. The van der Waals surface area contributed by atoms with Crippen molar-refractivity contribution in [2.75, 3.05) is 13.1 Å². The lowest BCUT2D eigenvalue weighted by atomic mass is 10.1. The molecule has 1 atom stereocenters. The molecule has 2 aromatic heterocycles. The topological polar surface area (TPSA) is 63.1 Å². The molecule has 0 saturated heterocycles. The lowest BCUT2D eigenvalue weighted by Crippen LogP contribution is -2.42. The third-order valence-electron chi connectivity index (χ3n) is 4.25. The highest BCUT2D eigenvalue weighted by molar-refractivity contribution is 7.09. The average molecular weight is 333 g/mol. The van der Waals surface area contributed by atoms with Crippen LogP contribution in [0.3, 0.4) is 0 Å². The van der Waals surface area contributed by atoms with Crippen LogP contribution in [-0.4, -0.2) is 44.7 Å². The zero-order chi connectivity index (χ0) is 16.4. The number of nitrogens with zero attached hydrogens (tertiary/aromatic N) is 4. The fraction of sp³-hybridized carbons (Fsp3) is 0.562. The summed E-state index contributed by atoms with van der Waals surface area (Å²) in [5, 5.41) is 10.1. The molecule has 3 rings (SSSR count). The van der Waals surface area contributed by atoms with E-state index >= 15 is 0 Å². The van der Waals surface area contributed by atoms with Crippen LogP contribution < -0.4 is 5.32 Å². The summed E-state index contributed by atoms with van der Waals surface area (Å²) in [4.78, 5) is 18.7. The number of hydrogen-bond donors (Lipinski definition) is 1. The molecule has 23 heavy (non-hydrogen) atoms. The van der Waals surface area contributed by atoms with E-state index < -0.39 is 0 Å². The van der Waals surface area contributed by atoms with Crippen LogP contribution in [0.15, 0.2) is 17.6 Å². The molecule has 1 N–H and O–H groups in total. The van der Waals surface area contributed by atoms with Gasteiger partial charge in [0.2, 0.25) is 0 Å². The fourth-order valence-corrected chi connectivity index (χ4v) is 3.53. The zero-order valence-electron chi connectivity index (χ0n) is 13.8. The summed E-state index contributed by atoms with van der Waals surface area (Å²) in [6.45, 7) is 8.88. The number of carbonyl (C=O) groups is 1. The number of carbonyl (C=O) groups excluding carboxylic acids is 1. The maximum absolute atomic E-state index is 12.1. The van der Waals surface area contributed by atoms with Crippen LogP contribution >= 0.6 is 11.3 Å². The first-order valence-corrected chi connectivity index (χ1v) is 8.89. The van der Waals surface area contributed by atoms with E-state index in [9.17, 15) is 4.79 Å². The number of thiazole rings is 1. The van der Waals surface area contributed by atoms with Gasteiger partial charge in [-0.1, -0.05) is 0 Å². The average Bonchev–Trinajstić information content (AvgIpc) is 3.15. The van der Waals surface area contributed by atoms with Crippen LogP contribution in [0.2, 0.25) is 0 Å². The van der Waals surface area contributed by atoms with Gasteiger partial charge in [-0.05, 0) is 33.3 Å². The van der Waals surface area contributed by atoms with Gasteiger partial charge < -0.3 is 5.32 Å². The van der Waals surface area contributed by atoms with E-state index in [1.165, 1.54) is 17.0 Å². The quantitative estimate of drug-likeness (QED) is 0.911. The predicted molar refractivity (Wildman–Crippen MR) is 90.6 cm³/mol. The molecular formula is C16H23N5OS. The molecule has 3 heterocycles. The first-order valence-electron chi connectivity index (χ1n) is 8.01.